The molecule has 2 amide bonds. The van der Waals surface area contributed by atoms with Crippen LogP contribution in [0.4, 0.5) is 0 Å². The Hall–Kier alpha value is -2.99. The van der Waals surface area contributed by atoms with Gasteiger partial charge >= 0.3 is 0 Å². The van der Waals surface area contributed by atoms with Crippen molar-refractivity contribution in [3.05, 3.63) is 95.4 Å². The zero-order chi connectivity index (χ0) is 20.9. The van der Waals surface area contributed by atoms with Crippen LogP contribution in [0.2, 0.25) is 0 Å². The highest BCUT2D eigenvalue weighted by molar-refractivity contribution is 8.00. The second-order valence-corrected chi connectivity index (χ2v) is 8.30. The van der Waals surface area contributed by atoms with E-state index in [2.05, 4.69) is 12.2 Å². The van der Waals surface area contributed by atoms with E-state index in [1.807, 2.05) is 71.6 Å². The van der Waals surface area contributed by atoms with Gasteiger partial charge in [-0.15, -0.1) is 11.8 Å². The van der Waals surface area contributed by atoms with Crippen molar-refractivity contribution >= 4 is 23.6 Å². The molecule has 0 radical (unpaired) electrons. The zero-order valence-corrected chi connectivity index (χ0v) is 17.6. The van der Waals surface area contributed by atoms with Gasteiger partial charge in [-0.3, -0.25) is 9.59 Å². The summed E-state index contributed by atoms with van der Waals surface area (Å²) in [6.45, 7) is 2.50. The summed E-state index contributed by atoms with van der Waals surface area (Å²) >= 11 is 1.59. The molecule has 0 unspecified atom stereocenters. The fourth-order valence-corrected chi connectivity index (χ4v) is 4.81. The molecule has 5 nitrogen and oxygen atoms in total. The van der Waals surface area contributed by atoms with Gasteiger partial charge in [-0.25, -0.2) is 0 Å². The van der Waals surface area contributed by atoms with Crippen LogP contribution in [0.15, 0.2) is 77.4 Å². The SMILES string of the molecule is CC[C@@H](NC(=O)c1ccc([C@@H]2SCC(=O)N2Cc2ccco2)cc1)c1ccccc1. The molecular weight excluding hydrogens is 396 g/mol. The van der Waals surface area contributed by atoms with Crippen LogP contribution in [0.1, 0.15) is 52.0 Å². The highest BCUT2D eigenvalue weighted by atomic mass is 32.2. The predicted molar refractivity (Wildman–Crippen MR) is 118 cm³/mol. The van der Waals surface area contributed by atoms with Gasteiger partial charge in [0, 0.05) is 5.56 Å². The summed E-state index contributed by atoms with van der Waals surface area (Å²) in [4.78, 5) is 26.9. The minimum absolute atomic E-state index is 0.0230. The average Bonchev–Trinajstić information content (AvgIpc) is 3.43. The first kappa shape index (κ1) is 20.3. The molecule has 4 rings (SSSR count). The van der Waals surface area contributed by atoms with E-state index in [1.54, 1.807) is 18.0 Å². The number of rotatable bonds is 7. The molecule has 1 aliphatic heterocycles. The Labute approximate surface area is 180 Å². The van der Waals surface area contributed by atoms with E-state index in [-0.39, 0.29) is 23.2 Å². The minimum atomic E-state index is -0.0974. The van der Waals surface area contributed by atoms with Crippen LogP contribution in [0.5, 0.6) is 0 Å². The van der Waals surface area contributed by atoms with Gasteiger partial charge in [0.25, 0.3) is 5.91 Å². The van der Waals surface area contributed by atoms with E-state index in [4.69, 9.17) is 4.42 Å². The smallest absolute Gasteiger partial charge is 0.251 e. The van der Waals surface area contributed by atoms with Crippen molar-refractivity contribution in [1.29, 1.82) is 0 Å². The molecule has 1 aromatic heterocycles. The summed E-state index contributed by atoms with van der Waals surface area (Å²) in [5.74, 6) is 1.21. The molecule has 0 aliphatic carbocycles. The molecule has 0 bridgehead atoms. The Morgan fingerprint density at radius 2 is 1.90 bits per heavy atom. The van der Waals surface area contributed by atoms with Crippen LogP contribution in [0.3, 0.4) is 0 Å². The molecule has 0 saturated carbocycles. The first-order valence-corrected chi connectivity index (χ1v) is 11.1. The molecule has 6 heteroatoms. The van der Waals surface area contributed by atoms with E-state index in [1.165, 1.54) is 0 Å². The van der Waals surface area contributed by atoms with Crippen molar-refractivity contribution in [2.75, 3.05) is 5.75 Å². The lowest BCUT2D eigenvalue weighted by Gasteiger charge is -2.23. The van der Waals surface area contributed by atoms with Crippen LogP contribution < -0.4 is 5.32 Å². The lowest BCUT2D eigenvalue weighted by Crippen LogP contribution is -2.28. The average molecular weight is 421 g/mol. The molecule has 1 fully saturated rings. The van der Waals surface area contributed by atoms with E-state index in [9.17, 15) is 9.59 Å². The van der Waals surface area contributed by atoms with Gasteiger partial charge in [0.05, 0.1) is 24.6 Å². The lowest BCUT2D eigenvalue weighted by atomic mass is 10.0. The van der Waals surface area contributed by atoms with Gasteiger partial charge in [0.2, 0.25) is 5.91 Å². The third kappa shape index (κ3) is 4.44. The summed E-state index contributed by atoms with van der Waals surface area (Å²) in [5.41, 5.74) is 2.71. The molecular formula is C24H24N2O3S. The molecule has 1 saturated heterocycles. The van der Waals surface area contributed by atoms with Gasteiger partial charge in [0.1, 0.15) is 11.1 Å². The van der Waals surface area contributed by atoms with Crippen molar-refractivity contribution in [3.63, 3.8) is 0 Å². The summed E-state index contributed by atoms with van der Waals surface area (Å²) in [5, 5.41) is 3.04. The molecule has 30 heavy (non-hydrogen) atoms. The normalized spacial score (nSPS) is 17.2. The fourth-order valence-electron chi connectivity index (χ4n) is 3.62. The number of amides is 2. The van der Waals surface area contributed by atoms with Crippen molar-refractivity contribution in [1.82, 2.24) is 10.2 Å². The number of benzene rings is 2. The largest absolute Gasteiger partial charge is 0.467 e. The quantitative estimate of drug-likeness (QED) is 0.588. The Morgan fingerprint density at radius 3 is 2.57 bits per heavy atom. The minimum Gasteiger partial charge on any atom is -0.467 e. The van der Waals surface area contributed by atoms with Crippen LogP contribution in [0.25, 0.3) is 0 Å². The van der Waals surface area contributed by atoms with Crippen molar-refractivity contribution in [2.24, 2.45) is 0 Å². The van der Waals surface area contributed by atoms with Crippen LogP contribution >= 0.6 is 11.8 Å². The van der Waals surface area contributed by atoms with Gasteiger partial charge < -0.3 is 14.6 Å². The van der Waals surface area contributed by atoms with E-state index in [0.717, 1.165) is 23.3 Å². The highest BCUT2D eigenvalue weighted by Crippen LogP contribution is 2.39. The van der Waals surface area contributed by atoms with Crippen molar-refractivity contribution in [2.45, 2.75) is 31.3 Å². The first-order chi connectivity index (χ1) is 14.7. The summed E-state index contributed by atoms with van der Waals surface area (Å²) in [6, 6.07) is 21.2. The molecule has 2 aromatic carbocycles. The monoisotopic (exact) mass is 420 g/mol. The van der Waals surface area contributed by atoms with Crippen LogP contribution in [0, 0.1) is 0 Å². The van der Waals surface area contributed by atoms with Gasteiger partial charge in [-0.1, -0.05) is 49.4 Å². The number of carbonyl (C=O) groups is 2. The molecule has 2 heterocycles. The second kappa shape index (κ2) is 9.22. The topological polar surface area (TPSA) is 62.6 Å². The molecule has 1 N–H and O–H groups in total. The van der Waals surface area contributed by atoms with E-state index in [0.29, 0.717) is 17.9 Å². The Kier molecular flexibility index (Phi) is 6.23. The number of hydrogen-bond donors (Lipinski definition) is 1. The molecule has 0 spiro atoms. The van der Waals surface area contributed by atoms with Crippen LogP contribution in [-0.4, -0.2) is 22.5 Å². The Morgan fingerprint density at radius 1 is 1.13 bits per heavy atom. The maximum absolute atomic E-state index is 12.8. The fraction of sp³-hybridized carbons (Fsp3) is 0.250. The predicted octanol–water partition coefficient (Wildman–Crippen LogP) is 4.93. The molecule has 1 aliphatic rings. The summed E-state index contributed by atoms with van der Waals surface area (Å²) in [6.07, 6.45) is 2.43. The molecule has 2 atom stereocenters. The van der Waals surface area contributed by atoms with Gasteiger partial charge in [-0.05, 0) is 41.8 Å². The number of hydrogen-bond acceptors (Lipinski definition) is 4. The Bertz CT molecular complexity index is 987. The van der Waals surface area contributed by atoms with E-state index >= 15 is 0 Å². The third-order valence-electron chi connectivity index (χ3n) is 5.25. The van der Waals surface area contributed by atoms with E-state index < -0.39 is 0 Å². The van der Waals surface area contributed by atoms with Gasteiger partial charge in [0.15, 0.2) is 0 Å². The highest BCUT2D eigenvalue weighted by Gasteiger charge is 2.33. The number of nitrogens with one attached hydrogen (secondary N) is 1. The number of nitrogens with zero attached hydrogens (tertiary/aromatic N) is 1. The maximum atomic E-state index is 12.8. The summed E-state index contributed by atoms with van der Waals surface area (Å²) in [7, 11) is 0. The molecule has 154 valence electrons. The number of carbonyl (C=O) groups excluding carboxylic acids is 2. The van der Waals surface area contributed by atoms with Crippen molar-refractivity contribution in [3.8, 4) is 0 Å². The van der Waals surface area contributed by atoms with Crippen molar-refractivity contribution < 1.29 is 14.0 Å². The third-order valence-corrected chi connectivity index (χ3v) is 6.50. The lowest BCUT2D eigenvalue weighted by molar-refractivity contribution is -0.128. The maximum Gasteiger partial charge on any atom is 0.251 e. The number of thioether (sulfide) groups is 1. The second-order valence-electron chi connectivity index (χ2n) is 7.23. The standard InChI is InChI=1S/C24H24N2O3S/c1-2-21(17-7-4-3-5-8-17)25-23(28)18-10-12-19(13-11-18)24-26(22(27)16-30-24)15-20-9-6-14-29-20/h3-14,21,24H,2,15-16H2,1H3,(H,25,28)/t21-,24+/m1/s1. The van der Waals surface area contributed by atoms with Crippen LogP contribution in [-0.2, 0) is 11.3 Å². The molecule has 3 aromatic rings. The summed E-state index contributed by atoms with van der Waals surface area (Å²) < 4.78 is 5.41. The van der Waals surface area contributed by atoms with Gasteiger partial charge in [-0.2, -0.15) is 0 Å². The number of furan rings is 1. The first-order valence-electron chi connectivity index (χ1n) is 10.0. The Balaban J connectivity index is 1.45. The zero-order valence-electron chi connectivity index (χ0n) is 16.8.